The van der Waals surface area contributed by atoms with E-state index in [0.29, 0.717) is 56.3 Å². The highest BCUT2D eigenvalue weighted by atomic mass is 16.4. The van der Waals surface area contributed by atoms with Crippen LogP contribution in [-0.4, -0.2) is 47.8 Å². The van der Waals surface area contributed by atoms with Gasteiger partial charge in [0.05, 0.1) is 0 Å². The van der Waals surface area contributed by atoms with Crippen molar-refractivity contribution in [2.24, 2.45) is 5.92 Å². The van der Waals surface area contributed by atoms with Crippen LogP contribution in [0.15, 0.2) is 45.6 Å². The highest BCUT2D eigenvalue weighted by molar-refractivity contribution is 5.95. The maximum atomic E-state index is 12.9. The monoisotopic (exact) mass is 410 g/mol. The number of rotatable bonds is 6. The van der Waals surface area contributed by atoms with Gasteiger partial charge >= 0.3 is 5.63 Å². The van der Waals surface area contributed by atoms with E-state index in [4.69, 9.17) is 4.42 Å². The molecule has 0 bridgehead atoms. The number of benzene rings is 1. The van der Waals surface area contributed by atoms with Crippen molar-refractivity contribution in [2.75, 3.05) is 26.2 Å². The second-order valence-corrected chi connectivity index (χ2v) is 8.31. The van der Waals surface area contributed by atoms with Crippen LogP contribution in [0.1, 0.15) is 47.5 Å². The summed E-state index contributed by atoms with van der Waals surface area (Å²) < 4.78 is 5.46. The summed E-state index contributed by atoms with van der Waals surface area (Å²) in [5, 5.41) is 0. The Morgan fingerprint density at radius 2 is 1.63 bits per heavy atom. The number of hydrogen-bond acceptors (Lipinski definition) is 4. The Morgan fingerprint density at radius 3 is 2.23 bits per heavy atom. The van der Waals surface area contributed by atoms with Crippen LogP contribution in [0.4, 0.5) is 0 Å². The molecule has 0 unspecified atom stereocenters. The molecule has 1 aromatic carbocycles. The third-order valence-corrected chi connectivity index (χ3v) is 5.42. The average molecular weight is 411 g/mol. The summed E-state index contributed by atoms with van der Waals surface area (Å²) in [6.07, 6.45) is 1.88. The average Bonchev–Trinajstić information content (AvgIpc) is 2.72. The van der Waals surface area contributed by atoms with Gasteiger partial charge in [0.25, 0.3) is 5.91 Å². The van der Waals surface area contributed by atoms with E-state index < -0.39 is 5.63 Å². The highest BCUT2D eigenvalue weighted by Crippen LogP contribution is 2.15. The summed E-state index contributed by atoms with van der Waals surface area (Å²) >= 11 is 0. The van der Waals surface area contributed by atoms with Crippen molar-refractivity contribution < 1.29 is 14.0 Å². The molecule has 2 aromatic rings. The van der Waals surface area contributed by atoms with Gasteiger partial charge in [0.15, 0.2) is 0 Å². The lowest BCUT2D eigenvalue weighted by Gasteiger charge is -2.35. The molecule has 0 spiro atoms. The van der Waals surface area contributed by atoms with Gasteiger partial charge < -0.3 is 14.2 Å². The van der Waals surface area contributed by atoms with Crippen LogP contribution in [0.2, 0.25) is 0 Å². The van der Waals surface area contributed by atoms with E-state index in [-0.39, 0.29) is 17.4 Å². The molecular formula is C24H30N2O4. The standard InChI is InChI=1S/C24H30N2O4/c1-17(2)15-21(27)25-11-13-26(14-12-25)23(28)22-18(3)16-20(30-24(22)29)10-9-19-7-5-4-6-8-19/h4-8,16-17H,9-15H2,1-3H3. The topological polar surface area (TPSA) is 70.8 Å². The molecule has 1 aliphatic heterocycles. The van der Waals surface area contributed by atoms with E-state index in [1.165, 1.54) is 5.56 Å². The molecule has 160 valence electrons. The van der Waals surface area contributed by atoms with Crippen molar-refractivity contribution in [3.05, 3.63) is 69.3 Å². The second-order valence-electron chi connectivity index (χ2n) is 8.31. The molecule has 2 heterocycles. The highest BCUT2D eigenvalue weighted by Gasteiger charge is 2.28. The van der Waals surface area contributed by atoms with Crippen LogP contribution in [0, 0.1) is 12.8 Å². The van der Waals surface area contributed by atoms with E-state index in [1.807, 2.05) is 44.2 Å². The van der Waals surface area contributed by atoms with Gasteiger partial charge in [0.2, 0.25) is 5.91 Å². The van der Waals surface area contributed by atoms with Crippen molar-refractivity contribution in [1.29, 1.82) is 0 Å². The summed E-state index contributed by atoms with van der Waals surface area (Å²) in [6, 6.07) is 11.8. The van der Waals surface area contributed by atoms with Gasteiger partial charge in [-0.05, 0) is 36.5 Å². The molecule has 0 aliphatic carbocycles. The SMILES string of the molecule is Cc1cc(CCc2ccccc2)oc(=O)c1C(=O)N1CCN(C(=O)CC(C)C)CC1. The molecule has 6 nitrogen and oxygen atoms in total. The Labute approximate surface area is 177 Å². The number of aryl methyl sites for hydroxylation is 3. The minimum Gasteiger partial charge on any atom is -0.427 e. The molecule has 0 N–H and O–H groups in total. The Balaban J connectivity index is 1.64. The lowest BCUT2D eigenvalue weighted by molar-refractivity contribution is -0.133. The molecule has 1 aromatic heterocycles. The fourth-order valence-electron chi connectivity index (χ4n) is 3.76. The third kappa shape index (κ3) is 5.38. The van der Waals surface area contributed by atoms with Crippen molar-refractivity contribution in [3.63, 3.8) is 0 Å². The predicted octanol–water partition coefficient (Wildman–Crippen LogP) is 3.06. The normalized spacial score (nSPS) is 14.3. The van der Waals surface area contributed by atoms with Crippen LogP contribution < -0.4 is 5.63 Å². The predicted molar refractivity (Wildman–Crippen MR) is 116 cm³/mol. The Bertz CT molecular complexity index is 941. The number of carbonyl (C=O) groups is 2. The van der Waals surface area contributed by atoms with E-state index in [1.54, 1.807) is 22.8 Å². The minimum absolute atomic E-state index is 0.0976. The molecule has 0 atom stereocenters. The van der Waals surface area contributed by atoms with Crippen LogP contribution >= 0.6 is 0 Å². The van der Waals surface area contributed by atoms with Crippen LogP contribution in [0.3, 0.4) is 0 Å². The first-order valence-corrected chi connectivity index (χ1v) is 10.6. The molecular weight excluding hydrogens is 380 g/mol. The molecule has 30 heavy (non-hydrogen) atoms. The minimum atomic E-state index is -0.582. The third-order valence-electron chi connectivity index (χ3n) is 5.42. The summed E-state index contributed by atoms with van der Waals surface area (Å²) in [7, 11) is 0. The summed E-state index contributed by atoms with van der Waals surface area (Å²) in [5.41, 5.74) is 1.32. The van der Waals surface area contributed by atoms with E-state index >= 15 is 0 Å². The molecule has 3 rings (SSSR count). The molecule has 1 aliphatic rings. The maximum absolute atomic E-state index is 12.9. The first kappa shape index (κ1) is 21.8. The summed E-state index contributed by atoms with van der Waals surface area (Å²) in [6.45, 7) is 7.66. The van der Waals surface area contributed by atoms with Gasteiger partial charge in [-0.3, -0.25) is 9.59 Å². The Morgan fingerprint density at radius 1 is 1.00 bits per heavy atom. The van der Waals surface area contributed by atoms with Gasteiger partial charge in [0, 0.05) is 39.0 Å². The Hall–Kier alpha value is -2.89. The van der Waals surface area contributed by atoms with Crippen molar-refractivity contribution in [1.82, 2.24) is 9.80 Å². The number of hydrogen-bond donors (Lipinski definition) is 0. The quantitative estimate of drug-likeness (QED) is 0.734. The second kappa shape index (κ2) is 9.74. The number of piperazine rings is 1. The first-order chi connectivity index (χ1) is 14.3. The maximum Gasteiger partial charge on any atom is 0.349 e. The fraction of sp³-hybridized carbons (Fsp3) is 0.458. The van der Waals surface area contributed by atoms with E-state index in [2.05, 4.69) is 0 Å². The van der Waals surface area contributed by atoms with Gasteiger partial charge in [-0.1, -0.05) is 44.2 Å². The number of carbonyl (C=O) groups excluding carboxylic acids is 2. The van der Waals surface area contributed by atoms with E-state index in [0.717, 1.165) is 6.42 Å². The summed E-state index contributed by atoms with van der Waals surface area (Å²) in [4.78, 5) is 41.2. The smallest absolute Gasteiger partial charge is 0.349 e. The number of amides is 2. The molecule has 2 amide bonds. The molecule has 0 radical (unpaired) electrons. The lowest BCUT2D eigenvalue weighted by Crippen LogP contribution is -2.51. The fourth-order valence-corrected chi connectivity index (χ4v) is 3.76. The van der Waals surface area contributed by atoms with Crippen LogP contribution in [-0.2, 0) is 17.6 Å². The van der Waals surface area contributed by atoms with Gasteiger partial charge in [0.1, 0.15) is 11.3 Å². The first-order valence-electron chi connectivity index (χ1n) is 10.6. The zero-order valence-corrected chi connectivity index (χ0v) is 18.0. The van der Waals surface area contributed by atoms with Crippen LogP contribution in [0.5, 0.6) is 0 Å². The van der Waals surface area contributed by atoms with Gasteiger partial charge in [-0.25, -0.2) is 4.79 Å². The molecule has 6 heteroatoms. The Kier molecular flexibility index (Phi) is 7.08. The molecule has 1 saturated heterocycles. The molecule has 1 fully saturated rings. The largest absolute Gasteiger partial charge is 0.427 e. The van der Waals surface area contributed by atoms with E-state index in [9.17, 15) is 14.4 Å². The van der Waals surface area contributed by atoms with Crippen molar-refractivity contribution in [3.8, 4) is 0 Å². The summed E-state index contributed by atoms with van der Waals surface area (Å²) in [5.74, 6) is 0.703. The van der Waals surface area contributed by atoms with Gasteiger partial charge in [-0.2, -0.15) is 0 Å². The lowest BCUT2D eigenvalue weighted by atomic mass is 10.1. The van der Waals surface area contributed by atoms with Crippen molar-refractivity contribution >= 4 is 11.8 Å². The van der Waals surface area contributed by atoms with Crippen LogP contribution in [0.25, 0.3) is 0 Å². The zero-order chi connectivity index (χ0) is 21.7. The van der Waals surface area contributed by atoms with Crippen molar-refractivity contribution in [2.45, 2.75) is 40.0 Å². The number of nitrogens with zero attached hydrogens (tertiary/aromatic N) is 2. The van der Waals surface area contributed by atoms with Gasteiger partial charge in [-0.15, -0.1) is 0 Å². The zero-order valence-electron chi connectivity index (χ0n) is 18.0. The molecule has 0 saturated carbocycles.